The molecule has 0 spiro atoms. The second-order valence-electron chi connectivity index (χ2n) is 4.74. The fourth-order valence-corrected chi connectivity index (χ4v) is 2.60. The monoisotopic (exact) mass is 291 g/mol. The molecule has 2 rings (SSSR count). The molecule has 20 heavy (non-hydrogen) atoms. The highest BCUT2D eigenvalue weighted by atomic mass is 32.2. The maximum atomic E-state index is 5.62. The largest absolute Gasteiger partial charge is 0.496 e. The highest BCUT2D eigenvalue weighted by molar-refractivity contribution is 7.98. The van der Waals surface area contributed by atoms with Gasteiger partial charge in [0.25, 0.3) is 0 Å². The van der Waals surface area contributed by atoms with Crippen molar-refractivity contribution in [3.8, 4) is 5.75 Å². The van der Waals surface area contributed by atoms with E-state index in [1.807, 2.05) is 19.1 Å². The van der Waals surface area contributed by atoms with E-state index in [-0.39, 0.29) is 6.04 Å². The molecule has 2 aromatic rings. The second kappa shape index (κ2) is 6.86. The van der Waals surface area contributed by atoms with Crippen LogP contribution in [-0.2, 0) is 6.54 Å². The summed E-state index contributed by atoms with van der Waals surface area (Å²) in [6.07, 6.45) is 2.05. The molecule has 0 bridgehead atoms. The number of aryl methyl sites for hydroxylation is 1. The fourth-order valence-electron chi connectivity index (χ4n) is 2.05. The minimum Gasteiger partial charge on any atom is -0.496 e. The van der Waals surface area contributed by atoms with Crippen molar-refractivity contribution in [3.05, 3.63) is 47.4 Å². The molecule has 0 saturated heterocycles. The number of hydrogen-bond acceptors (Lipinski definition) is 4. The minimum atomic E-state index is 0.190. The van der Waals surface area contributed by atoms with Crippen molar-refractivity contribution >= 4 is 11.8 Å². The molecule has 1 N–H and O–H groups in total. The van der Waals surface area contributed by atoms with Gasteiger partial charge in [0.15, 0.2) is 0 Å². The Bertz CT molecular complexity index is 565. The van der Waals surface area contributed by atoms with Crippen LogP contribution in [0.2, 0.25) is 0 Å². The molecule has 1 atom stereocenters. The summed E-state index contributed by atoms with van der Waals surface area (Å²) >= 11 is 1.69. The first-order valence-corrected chi connectivity index (χ1v) is 7.87. The molecule has 1 aromatic heterocycles. The second-order valence-corrected chi connectivity index (χ2v) is 5.59. The van der Waals surface area contributed by atoms with E-state index in [9.17, 15) is 0 Å². The molecule has 4 heteroatoms. The minimum absolute atomic E-state index is 0.190. The van der Waals surface area contributed by atoms with Gasteiger partial charge in [0.05, 0.1) is 13.2 Å². The van der Waals surface area contributed by atoms with Crippen molar-refractivity contribution in [1.82, 2.24) is 5.32 Å². The molecule has 3 nitrogen and oxygen atoms in total. The number of methoxy groups -OCH3 is 1. The normalized spacial score (nSPS) is 12.4. The maximum Gasteiger partial charge on any atom is 0.132 e. The zero-order valence-electron chi connectivity index (χ0n) is 12.4. The summed E-state index contributed by atoms with van der Waals surface area (Å²) in [4.78, 5) is 1.16. The number of ether oxygens (including phenoxy) is 1. The average Bonchev–Trinajstić information content (AvgIpc) is 2.91. The third kappa shape index (κ3) is 3.58. The molecule has 0 amide bonds. The zero-order valence-corrected chi connectivity index (χ0v) is 13.2. The van der Waals surface area contributed by atoms with E-state index in [0.29, 0.717) is 0 Å². The molecular formula is C16H21NO2S. The van der Waals surface area contributed by atoms with Crippen LogP contribution in [0.15, 0.2) is 39.6 Å². The number of thioether (sulfide) groups is 1. The quantitative estimate of drug-likeness (QED) is 0.810. The van der Waals surface area contributed by atoms with E-state index in [4.69, 9.17) is 9.15 Å². The van der Waals surface area contributed by atoms with Crippen LogP contribution in [0, 0.1) is 6.92 Å². The number of benzene rings is 1. The van der Waals surface area contributed by atoms with Crippen molar-refractivity contribution in [3.63, 3.8) is 0 Å². The highest BCUT2D eigenvalue weighted by Crippen LogP contribution is 2.28. The molecule has 1 aromatic carbocycles. The van der Waals surface area contributed by atoms with Gasteiger partial charge in [0.1, 0.15) is 17.3 Å². The molecule has 0 aliphatic rings. The highest BCUT2D eigenvalue weighted by Gasteiger charge is 2.09. The first-order chi connectivity index (χ1) is 9.63. The van der Waals surface area contributed by atoms with Crippen molar-refractivity contribution in [2.75, 3.05) is 13.4 Å². The molecule has 108 valence electrons. The van der Waals surface area contributed by atoms with Gasteiger partial charge in [-0.3, -0.25) is 0 Å². The lowest BCUT2D eigenvalue weighted by Crippen LogP contribution is -2.17. The van der Waals surface area contributed by atoms with Crippen LogP contribution in [-0.4, -0.2) is 13.4 Å². The molecule has 0 aliphatic heterocycles. The van der Waals surface area contributed by atoms with Gasteiger partial charge in [-0.1, -0.05) is 6.07 Å². The van der Waals surface area contributed by atoms with Crippen molar-refractivity contribution in [2.45, 2.75) is 31.3 Å². The molecule has 0 aliphatic carbocycles. The Kier molecular flexibility index (Phi) is 5.15. The Balaban J connectivity index is 2.00. The lowest BCUT2D eigenvalue weighted by atomic mass is 10.2. The molecule has 0 saturated carbocycles. The van der Waals surface area contributed by atoms with Crippen LogP contribution < -0.4 is 10.1 Å². The Morgan fingerprint density at radius 1 is 1.30 bits per heavy atom. The van der Waals surface area contributed by atoms with E-state index >= 15 is 0 Å². The lowest BCUT2D eigenvalue weighted by Gasteiger charge is -2.13. The van der Waals surface area contributed by atoms with Crippen molar-refractivity contribution in [1.29, 1.82) is 0 Å². The zero-order chi connectivity index (χ0) is 14.5. The molecule has 1 heterocycles. The number of hydrogen-bond donors (Lipinski definition) is 1. The maximum absolute atomic E-state index is 5.62. The fraction of sp³-hybridized carbons (Fsp3) is 0.375. The summed E-state index contributed by atoms with van der Waals surface area (Å²) in [5.41, 5.74) is 1.20. The predicted octanol–water partition coefficient (Wildman–Crippen LogP) is 4.17. The van der Waals surface area contributed by atoms with Crippen LogP contribution in [0.5, 0.6) is 5.75 Å². The summed E-state index contributed by atoms with van der Waals surface area (Å²) in [5, 5.41) is 3.46. The van der Waals surface area contributed by atoms with Crippen LogP contribution in [0.25, 0.3) is 0 Å². The van der Waals surface area contributed by atoms with Crippen LogP contribution in [0.4, 0.5) is 0 Å². The standard InChI is InChI=1S/C16H21NO2S/c1-11-5-7-14(19-11)12(2)17-10-13-6-8-16(20-4)15(9-13)18-3/h5-9,12,17H,10H2,1-4H3. The smallest absolute Gasteiger partial charge is 0.132 e. The Labute approximate surface area is 124 Å². The molecule has 0 fully saturated rings. The van der Waals surface area contributed by atoms with E-state index in [1.54, 1.807) is 18.9 Å². The topological polar surface area (TPSA) is 34.4 Å². The Morgan fingerprint density at radius 3 is 2.70 bits per heavy atom. The Hall–Kier alpha value is -1.39. The summed E-state index contributed by atoms with van der Waals surface area (Å²) in [6, 6.07) is 10.5. The number of rotatable bonds is 6. The molecule has 1 unspecified atom stereocenters. The van der Waals surface area contributed by atoms with Gasteiger partial charge in [-0.25, -0.2) is 0 Å². The molecule has 0 radical (unpaired) electrons. The lowest BCUT2D eigenvalue weighted by molar-refractivity contribution is 0.402. The first kappa shape index (κ1) is 15.0. The summed E-state index contributed by atoms with van der Waals surface area (Å²) in [5.74, 6) is 2.84. The number of furan rings is 1. The van der Waals surface area contributed by atoms with Crippen LogP contribution >= 0.6 is 11.8 Å². The van der Waals surface area contributed by atoms with E-state index in [2.05, 4.69) is 36.7 Å². The van der Waals surface area contributed by atoms with Gasteiger partial charge in [0, 0.05) is 11.4 Å². The third-order valence-corrected chi connectivity index (χ3v) is 4.03. The van der Waals surface area contributed by atoms with E-state index in [1.165, 1.54) is 5.56 Å². The van der Waals surface area contributed by atoms with Gasteiger partial charge >= 0.3 is 0 Å². The SMILES string of the molecule is COc1cc(CNC(C)c2ccc(C)o2)ccc1SC. The predicted molar refractivity (Wildman–Crippen MR) is 83.5 cm³/mol. The molecular weight excluding hydrogens is 270 g/mol. The van der Waals surface area contributed by atoms with E-state index < -0.39 is 0 Å². The summed E-state index contributed by atoms with van der Waals surface area (Å²) < 4.78 is 11.0. The van der Waals surface area contributed by atoms with Gasteiger partial charge in [-0.05, 0) is 49.9 Å². The average molecular weight is 291 g/mol. The summed E-state index contributed by atoms with van der Waals surface area (Å²) in [6.45, 7) is 4.85. The summed E-state index contributed by atoms with van der Waals surface area (Å²) in [7, 11) is 1.71. The van der Waals surface area contributed by atoms with Crippen LogP contribution in [0.1, 0.15) is 30.0 Å². The Morgan fingerprint density at radius 2 is 2.10 bits per heavy atom. The van der Waals surface area contributed by atoms with E-state index in [0.717, 1.165) is 28.7 Å². The third-order valence-electron chi connectivity index (χ3n) is 3.25. The number of nitrogens with one attached hydrogen (secondary N) is 1. The van der Waals surface area contributed by atoms with Crippen molar-refractivity contribution < 1.29 is 9.15 Å². The van der Waals surface area contributed by atoms with Gasteiger partial charge in [-0.15, -0.1) is 11.8 Å². The van der Waals surface area contributed by atoms with Gasteiger partial charge in [-0.2, -0.15) is 0 Å². The van der Waals surface area contributed by atoms with Gasteiger partial charge < -0.3 is 14.5 Å². The van der Waals surface area contributed by atoms with Crippen LogP contribution in [0.3, 0.4) is 0 Å². The van der Waals surface area contributed by atoms with Gasteiger partial charge in [0.2, 0.25) is 0 Å². The first-order valence-electron chi connectivity index (χ1n) is 6.64. The van der Waals surface area contributed by atoms with Crippen molar-refractivity contribution in [2.24, 2.45) is 0 Å².